The normalized spacial score (nSPS) is 15.3. The van der Waals surface area contributed by atoms with Crippen molar-refractivity contribution in [2.75, 3.05) is 0 Å². The van der Waals surface area contributed by atoms with Crippen LogP contribution in [0.25, 0.3) is 6.08 Å². The molecule has 0 aliphatic heterocycles. The van der Waals surface area contributed by atoms with E-state index in [0.717, 1.165) is 22.3 Å². The van der Waals surface area contributed by atoms with Crippen LogP contribution in [0.5, 0.6) is 0 Å². The number of benzene rings is 1. The Morgan fingerprint density at radius 1 is 0.750 bits per heavy atom. The van der Waals surface area contributed by atoms with Gasteiger partial charge in [-0.1, -0.05) is 47.6 Å². The lowest BCUT2D eigenvalue weighted by molar-refractivity contribution is 0.105. The molecule has 3 nitrogen and oxygen atoms in total. The van der Waals surface area contributed by atoms with Crippen LogP contribution in [0, 0.1) is 0 Å². The molecule has 0 aromatic heterocycles. The van der Waals surface area contributed by atoms with Gasteiger partial charge in [0.15, 0.2) is 22.4 Å². The summed E-state index contributed by atoms with van der Waals surface area (Å²) in [6.45, 7) is 23.7. The molecule has 0 atom stereocenters. The van der Waals surface area contributed by atoms with E-state index in [4.69, 9.17) is 8.85 Å². The van der Waals surface area contributed by atoms with Crippen molar-refractivity contribution in [3.8, 4) is 0 Å². The van der Waals surface area contributed by atoms with E-state index >= 15 is 0 Å². The van der Waals surface area contributed by atoms with E-state index in [1.165, 1.54) is 0 Å². The number of hydrogen-bond acceptors (Lipinski definition) is 3. The van der Waals surface area contributed by atoms with Crippen LogP contribution in [-0.4, -0.2) is 22.4 Å². The van der Waals surface area contributed by atoms with Crippen molar-refractivity contribution in [3.63, 3.8) is 0 Å². The monoisotopic (exact) mass is 418 g/mol. The summed E-state index contributed by atoms with van der Waals surface area (Å²) in [6.07, 6.45) is 3.56. The van der Waals surface area contributed by atoms with Crippen LogP contribution in [0.3, 0.4) is 0 Å². The van der Waals surface area contributed by atoms with Gasteiger partial charge in [0.2, 0.25) is 0 Å². The van der Waals surface area contributed by atoms with E-state index in [2.05, 4.69) is 73.8 Å². The van der Waals surface area contributed by atoms with Crippen LogP contribution in [0.4, 0.5) is 0 Å². The number of rotatable bonds is 6. The fraction of sp³-hybridized carbons (Fsp3) is 0.609. The minimum absolute atomic E-state index is 0.0837. The quantitative estimate of drug-likeness (QED) is 0.469. The highest BCUT2D eigenvalue weighted by molar-refractivity contribution is 6.74. The van der Waals surface area contributed by atoms with Crippen molar-refractivity contribution in [2.24, 2.45) is 0 Å². The van der Waals surface area contributed by atoms with Crippen LogP contribution in [0.2, 0.25) is 36.3 Å². The maximum Gasteiger partial charge on any atom is 0.192 e. The molecular formula is C23H38O3Si2. The molecule has 0 fully saturated rings. The molecule has 0 heterocycles. The van der Waals surface area contributed by atoms with Gasteiger partial charge in [0.25, 0.3) is 0 Å². The molecule has 0 saturated heterocycles. The maximum atomic E-state index is 12.2. The lowest BCUT2D eigenvalue weighted by atomic mass is 10.0. The molecule has 1 aliphatic carbocycles. The molecule has 0 spiro atoms. The number of carbonyl (C=O) groups excluding carboxylic acids is 1. The highest BCUT2D eigenvalue weighted by Crippen LogP contribution is 2.39. The standard InChI is InChI=1S/C23H38O3Si2/c1-22(2,3)27(7,8)25-15-18-13-17-11-12-21(24)20(17)14-19(18)16-26-28(9,10)23(4,5)6/h11-14H,15-16H2,1-10H3. The largest absolute Gasteiger partial charge is 0.413 e. The Morgan fingerprint density at radius 3 is 1.61 bits per heavy atom. The summed E-state index contributed by atoms with van der Waals surface area (Å²) >= 11 is 0. The minimum atomic E-state index is -1.88. The lowest BCUT2D eigenvalue weighted by Gasteiger charge is -2.37. The second-order valence-corrected chi connectivity index (χ2v) is 20.6. The summed E-state index contributed by atoms with van der Waals surface area (Å²) in [4.78, 5) is 12.2. The van der Waals surface area contributed by atoms with Gasteiger partial charge < -0.3 is 8.85 Å². The Balaban J connectivity index is 2.31. The van der Waals surface area contributed by atoms with Crippen molar-refractivity contribution in [2.45, 2.75) is 91.0 Å². The zero-order chi connectivity index (χ0) is 21.5. The topological polar surface area (TPSA) is 35.5 Å². The molecule has 28 heavy (non-hydrogen) atoms. The van der Waals surface area contributed by atoms with E-state index < -0.39 is 16.6 Å². The molecule has 0 N–H and O–H groups in total. The van der Waals surface area contributed by atoms with Gasteiger partial charge in [-0.25, -0.2) is 0 Å². The van der Waals surface area contributed by atoms with Gasteiger partial charge in [-0.15, -0.1) is 0 Å². The molecule has 156 valence electrons. The first-order valence-corrected chi connectivity index (χ1v) is 16.0. The van der Waals surface area contributed by atoms with Gasteiger partial charge >= 0.3 is 0 Å². The van der Waals surface area contributed by atoms with Crippen molar-refractivity contribution in [3.05, 3.63) is 40.5 Å². The van der Waals surface area contributed by atoms with Gasteiger partial charge in [0.1, 0.15) is 0 Å². The summed E-state index contributed by atoms with van der Waals surface area (Å²) in [5.41, 5.74) is 4.00. The summed E-state index contributed by atoms with van der Waals surface area (Å²) in [5.74, 6) is 0.0837. The molecule has 5 heteroatoms. The summed E-state index contributed by atoms with van der Waals surface area (Å²) in [7, 11) is -3.73. The first-order chi connectivity index (χ1) is 12.6. The van der Waals surface area contributed by atoms with Crippen LogP contribution < -0.4 is 0 Å². The molecule has 2 rings (SSSR count). The highest BCUT2D eigenvalue weighted by atomic mass is 28.4. The summed E-state index contributed by atoms with van der Waals surface area (Å²) in [6, 6.07) is 4.14. The van der Waals surface area contributed by atoms with Crippen molar-refractivity contribution in [1.29, 1.82) is 0 Å². The molecule has 0 saturated carbocycles. The number of allylic oxidation sites excluding steroid dienone is 1. The Bertz CT molecular complexity index is 778. The molecule has 0 bridgehead atoms. The van der Waals surface area contributed by atoms with Crippen molar-refractivity contribution in [1.82, 2.24) is 0 Å². The SMILES string of the molecule is CC(C)(C)[Si](C)(C)OCc1cc2c(cc1CO[Si](C)(C)C(C)(C)C)C(=O)C=C2. The number of hydrogen-bond donors (Lipinski definition) is 0. The second-order valence-electron chi connectivity index (χ2n) is 11.0. The van der Waals surface area contributed by atoms with E-state index in [1.807, 2.05) is 12.1 Å². The third-order valence-corrected chi connectivity index (χ3v) is 15.8. The van der Waals surface area contributed by atoms with Gasteiger partial charge in [-0.3, -0.25) is 4.79 Å². The third kappa shape index (κ3) is 4.93. The van der Waals surface area contributed by atoms with E-state index in [0.29, 0.717) is 13.2 Å². The van der Waals surface area contributed by atoms with Gasteiger partial charge in [0, 0.05) is 5.56 Å². The molecule has 0 unspecified atom stereocenters. The van der Waals surface area contributed by atoms with Crippen molar-refractivity contribution < 1.29 is 13.6 Å². The highest BCUT2D eigenvalue weighted by Gasteiger charge is 2.38. The van der Waals surface area contributed by atoms with Crippen LogP contribution in [0.15, 0.2) is 18.2 Å². The van der Waals surface area contributed by atoms with Crippen molar-refractivity contribution >= 4 is 28.5 Å². The first kappa shape index (κ1) is 23.3. The van der Waals surface area contributed by atoms with E-state index in [1.54, 1.807) is 6.08 Å². The third-order valence-electron chi connectivity index (χ3n) is 6.84. The van der Waals surface area contributed by atoms with Crippen LogP contribution in [0.1, 0.15) is 68.6 Å². The molecule has 1 aliphatic rings. The van der Waals surface area contributed by atoms with E-state index in [9.17, 15) is 4.79 Å². The Kier molecular flexibility index (Phi) is 6.37. The average Bonchev–Trinajstić information content (AvgIpc) is 2.89. The fourth-order valence-corrected chi connectivity index (χ4v) is 4.43. The van der Waals surface area contributed by atoms with Gasteiger partial charge in [-0.2, -0.15) is 0 Å². The average molecular weight is 419 g/mol. The Hall–Kier alpha value is -1.02. The minimum Gasteiger partial charge on any atom is -0.413 e. The van der Waals surface area contributed by atoms with Gasteiger partial charge in [-0.05, 0) is 71.2 Å². The zero-order valence-corrected chi connectivity index (χ0v) is 21.4. The molecule has 1 aromatic rings. The Labute approximate surface area is 173 Å². The summed E-state index contributed by atoms with van der Waals surface area (Å²) < 4.78 is 13.0. The molecule has 0 radical (unpaired) electrons. The smallest absolute Gasteiger partial charge is 0.192 e. The maximum absolute atomic E-state index is 12.2. The number of fused-ring (bicyclic) bond motifs is 1. The Morgan fingerprint density at radius 2 is 1.18 bits per heavy atom. The predicted octanol–water partition coefficient (Wildman–Crippen LogP) is 6.94. The zero-order valence-electron chi connectivity index (χ0n) is 19.4. The fourth-order valence-electron chi connectivity index (χ4n) is 2.53. The van der Waals surface area contributed by atoms with Crippen LogP contribution >= 0.6 is 0 Å². The summed E-state index contributed by atoms with van der Waals surface area (Å²) in [5, 5.41) is 0.316. The molecule has 1 aromatic carbocycles. The first-order valence-electron chi connectivity index (χ1n) is 10.2. The number of ketones is 1. The number of carbonyl (C=O) groups is 1. The molecule has 0 amide bonds. The van der Waals surface area contributed by atoms with Crippen LogP contribution in [-0.2, 0) is 22.1 Å². The second kappa shape index (κ2) is 7.67. The van der Waals surface area contributed by atoms with Gasteiger partial charge in [0.05, 0.1) is 13.2 Å². The predicted molar refractivity (Wildman–Crippen MR) is 124 cm³/mol. The molecular weight excluding hydrogens is 380 g/mol. The lowest BCUT2D eigenvalue weighted by Crippen LogP contribution is -2.41. The van der Waals surface area contributed by atoms with E-state index in [-0.39, 0.29) is 15.9 Å².